The molecule has 2 nitrogen and oxygen atoms in total. The normalized spacial score (nSPS) is 10.9. The van der Waals surface area contributed by atoms with Crippen LogP contribution in [0.1, 0.15) is 5.56 Å². The maximum atomic E-state index is 9.56. The highest BCUT2D eigenvalue weighted by atomic mass is 35.5. The van der Waals surface area contributed by atoms with Gasteiger partial charge < -0.3 is 10.2 Å². The zero-order valence-electron chi connectivity index (χ0n) is 6.62. The minimum absolute atomic E-state index is 0.0623. The molecule has 0 aliphatic carbocycles. The minimum Gasteiger partial charge on any atom is -0.505 e. The molecule has 1 aromatic carbocycles. The lowest BCUT2D eigenvalue weighted by molar-refractivity contribution is 0.283. The molecular formula is C9H7ClO2S. The van der Waals surface area contributed by atoms with Gasteiger partial charge in [0.25, 0.3) is 0 Å². The van der Waals surface area contributed by atoms with Gasteiger partial charge in [-0.25, -0.2) is 0 Å². The summed E-state index contributed by atoms with van der Waals surface area (Å²) in [5, 5.41) is 21.6. The lowest BCUT2D eigenvalue weighted by Gasteiger charge is -2.03. The second kappa shape index (κ2) is 3.18. The molecule has 2 rings (SSSR count). The number of fused-ring (bicyclic) bond motifs is 1. The van der Waals surface area contributed by atoms with Gasteiger partial charge in [-0.3, -0.25) is 0 Å². The molecule has 4 heteroatoms. The molecule has 1 heterocycles. The molecule has 13 heavy (non-hydrogen) atoms. The highest BCUT2D eigenvalue weighted by molar-refractivity contribution is 7.17. The first-order valence-electron chi connectivity index (χ1n) is 3.72. The molecule has 0 fully saturated rings. The van der Waals surface area contributed by atoms with Crippen LogP contribution < -0.4 is 0 Å². The van der Waals surface area contributed by atoms with E-state index in [9.17, 15) is 5.11 Å². The van der Waals surface area contributed by atoms with Crippen molar-refractivity contribution in [1.82, 2.24) is 0 Å². The van der Waals surface area contributed by atoms with E-state index in [1.807, 2.05) is 11.4 Å². The highest BCUT2D eigenvalue weighted by Gasteiger charge is 2.10. The van der Waals surface area contributed by atoms with Crippen LogP contribution in [0.25, 0.3) is 10.1 Å². The van der Waals surface area contributed by atoms with Gasteiger partial charge in [0, 0.05) is 5.39 Å². The van der Waals surface area contributed by atoms with Crippen molar-refractivity contribution in [2.45, 2.75) is 6.61 Å². The van der Waals surface area contributed by atoms with Crippen LogP contribution in [0.2, 0.25) is 5.02 Å². The van der Waals surface area contributed by atoms with E-state index in [0.29, 0.717) is 5.02 Å². The predicted molar refractivity (Wildman–Crippen MR) is 54.4 cm³/mol. The molecule has 68 valence electrons. The molecular weight excluding hydrogens is 208 g/mol. The average Bonchev–Trinajstić information content (AvgIpc) is 2.60. The number of halogens is 1. The Morgan fingerprint density at radius 2 is 2.23 bits per heavy atom. The Balaban J connectivity index is 2.87. The van der Waals surface area contributed by atoms with E-state index >= 15 is 0 Å². The fourth-order valence-corrected chi connectivity index (χ4v) is 2.45. The molecule has 0 radical (unpaired) electrons. The summed E-state index contributed by atoms with van der Waals surface area (Å²) >= 11 is 7.19. The van der Waals surface area contributed by atoms with E-state index in [2.05, 4.69) is 0 Å². The van der Waals surface area contributed by atoms with Gasteiger partial charge in [-0.1, -0.05) is 11.6 Å². The van der Waals surface area contributed by atoms with Crippen molar-refractivity contribution < 1.29 is 10.2 Å². The number of benzene rings is 1. The maximum Gasteiger partial charge on any atom is 0.151 e. The molecule has 2 aromatic rings. The molecule has 0 bridgehead atoms. The van der Waals surface area contributed by atoms with E-state index in [-0.39, 0.29) is 12.4 Å². The second-order valence-electron chi connectivity index (χ2n) is 2.69. The second-order valence-corrected chi connectivity index (χ2v) is 4.01. The van der Waals surface area contributed by atoms with E-state index in [4.69, 9.17) is 16.7 Å². The van der Waals surface area contributed by atoms with Gasteiger partial charge in [-0.05, 0) is 23.1 Å². The molecule has 0 saturated carbocycles. The quantitative estimate of drug-likeness (QED) is 0.767. The zero-order chi connectivity index (χ0) is 9.42. The lowest BCUT2D eigenvalue weighted by atomic mass is 10.1. The zero-order valence-corrected chi connectivity index (χ0v) is 8.19. The molecule has 2 N–H and O–H groups in total. The number of phenols is 1. The molecule has 1 aromatic heterocycles. The number of hydrogen-bond acceptors (Lipinski definition) is 3. The Hall–Kier alpha value is -0.770. The molecule has 0 aliphatic heterocycles. The van der Waals surface area contributed by atoms with Crippen LogP contribution in [0.5, 0.6) is 5.75 Å². The van der Waals surface area contributed by atoms with Crippen molar-refractivity contribution in [3.63, 3.8) is 0 Å². The Morgan fingerprint density at radius 3 is 2.92 bits per heavy atom. The van der Waals surface area contributed by atoms with Crippen LogP contribution in [0, 0.1) is 0 Å². The Labute approximate surface area is 84.0 Å². The van der Waals surface area contributed by atoms with Gasteiger partial charge in [0.1, 0.15) is 0 Å². The van der Waals surface area contributed by atoms with Crippen molar-refractivity contribution in [2.24, 2.45) is 0 Å². The fraction of sp³-hybridized carbons (Fsp3) is 0.111. The number of aliphatic hydroxyl groups is 1. The smallest absolute Gasteiger partial charge is 0.151 e. The number of aromatic hydroxyl groups is 1. The summed E-state index contributed by atoms with van der Waals surface area (Å²) in [6.45, 7) is -0.0623. The van der Waals surface area contributed by atoms with Crippen molar-refractivity contribution in [3.05, 3.63) is 28.1 Å². The van der Waals surface area contributed by atoms with Crippen LogP contribution in [-0.2, 0) is 6.61 Å². The Bertz CT molecular complexity index is 450. The molecule has 0 unspecified atom stereocenters. The molecule has 0 spiro atoms. The third-order valence-corrected chi connectivity index (χ3v) is 3.13. The first-order valence-corrected chi connectivity index (χ1v) is 4.98. The van der Waals surface area contributed by atoms with Gasteiger partial charge >= 0.3 is 0 Å². The van der Waals surface area contributed by atoms with Crippen LogP contribution in [-0.4, -0.2) is 10.2 Å². The van der Waals surface area contributed by atoms with Crippen molar-refractivity contribution in [2.75, 3.05) is 0 Å². The first kappa shape index (κ1) is 8.81. The summed E-state index contributed by atoms with van der Waals surface area (Å²) in [5.41, 5.74) is 0.749. The van der Waals surface area contributed by atoms with E-state index in [0.717, 1.165) is 15.6 Å². The van der Waals surface area contributed by atoms with E-state index < -0.39 is 0 Å². The molecule has 0 atom stereocenters. The number of hydrogen-bond donors (Lipinski definition) is 2. The third kappa shape index (κ3) is 1.29. The number of phenolic OH excluding ortho intramolecular Hbond substituents is 1. The van der Waals surface area contributed by atoms with Gasteiger partial charge in [-0.15, -0.1) is 11.3 Å². The minimum atomic E-state index is -0.0623. The third-order valence-electron chi connectivity index (χ3n) is 1.92. The topological polar surface area (TPSA) is 40.5 Å². The summed E-state index contributed by atoms with van der Waals surface area (Å²) in [6, 6.07) is 3.45. The summed E-state index contributed by atoms with van der Waals surface area (Å²) in [6.07, 6.45) is 0. The maximum absolute atomic E-state index is 9.56. The average molecular weight is 215 g/mol. The molecule has 0 aliphatic rings. The molecule has 0 amide bonds. The Kier molecular flexibility index (Phi) is 2.15. The number of aliphatic hydroxyl groups excluding tert-OH is 1. The van der Waals surface area contributed by atoms with Crippen LogP contribution in [0.3, 0.4) is 0 Å². The van der Waals surface area contributed by atoms with Crippen molar-refractivity contribution in [1.29, 1.82) is 0 Å². The van der Waals surface area contributed by atoms with Crippen LogP contribution in [0.15, 0.2) is 17.5 Å². The summed E-state index contributed by atoms with van der Waals surface area (Å²) in [4.78, 5) is 0. The highest BCUT2D eigenvalue weighted by Crippen LogP contribution is 2.38. The largest absolute Gasteiger partial charge is 0.505 e. The summed E-state index contributed by atoms with van der Waals surface area (Å²) in [7, 11) is 0. The number of thiophene rings is 1. The summed E-state index contributed by atoms with van der Waals surface area (Å²) < 4.78 is 0.733. The Morgan fingerprint density at radius 1 is 1.46 bits per heavy atom. The van der Waals surface area contributed by atoms with Crippen molar-refractivity contribution >= 4 is 33.0 Å². The SMILES string of the molecule is OCc1cc(Cl)c(O)c2sccc12. The van der Waals surface area contributed by atoms with Gasteiger partial charge in [0.15, 0.2) is 5.75 Å². The van der Waals surface area contributed by atoms with E-state index in [1.54, 1.807) is 6.07 Å². The van der Waals surface area contributed by atoms with Gasteiger partial charge in [-0.2, -0.15) is 0 Å². The van der Waals surface area contributed by atoms with Crippen LogP contribution >= 0.6 is 22.9 Å². The monoisotopic (exact) mass is 214 g/mol. The molecule has 0 saturated heterocycles. The fourth-order valence-electron chi connectivity index (χ4n) is 1.28. The van der Waals surface area contributed by atoms with Gasteiger partial charge in [0.05, 0.1) is 16.3 Å². The predicted octanol–water partition coefficient (Wildman–Crippen LogP) is 2.75. The summed E-state index contributed by atoms with van der Waals surface area (Å²) in [5.74, 6) is 0.101. The van der Waals surface area contributed by atoms with Crippen molar-refractivity contribution in [3.8, 4) is 5.75 Å². The number of rotatable bonds is 1. The lowest BCUT2D eigenvalue weighted by Crippen LogP contribution is -1.83. The first-order chi connectivity index (χ1) is 6.24. The van der Waals surface area contributed by atoms with Gasteiger partial charge in [0.2, 0.25) is 0 Å². The standard InChI is InChI=1S/C9H7ClO2S/c10-7-3-5(4-11)6-1-2-13-9(6)8(7)12/h1-3,11-12H,4H2. The van der Waals surface area contributed by atoms with Crippen LogP contribution in [0.4, 0.5) is 0 Å². The van der Waals surface area contributed by atoms with E-state index in [1.165, 1.54) is 11.3 Å².